The minimum absolute atomic E-state index is 0.274. The lowest BCUT2D eigenvalue weighted by Gasteiger charge is -2.42. The Bertz CT molecular complexity index is 448. The first-order valence-electron chi connectivity index (χ1n) is 9.30. The van der Waals surface area contributed by atoms with Crippen LogP contribution in [0.2, 0.25) is 0 Å². The number of likely N-dealkylation sites (N-methyl/N-ethyl adjacent to an activating group) is 1. The van der Waals surface area contributed by atoms with E-state index in [9.17, 15) is 9.59 Å². The predicted molar refractivity (Wildman–Crippen MR) is 90.0 cm³/mol. The average Bonchev–Trinajstić information content (AvgIpc) is 3.04. The number of fused-ring (bicyclic) bond motifs is 1. The van der Waals surface area contributed by atoms with Gasteiger partial charge in [0.05, 0.1) is 6.54 Å². The van der Waals surface area contributed by atoms with E-state index in [1.807, 2.05) is 11.9 Å². The maximum Gasteiger partial charge on any atom is 0.236 e. The van der Waals surface area contributed by atoms with Crippen LogP contribution in [0.4, 0.5) is 0 Å². The Morgan fingerprint density at radius 1 is 1.17 bits per heavy atom. The maximum atomic E-state index is 12.7. The first kappa shape index (κ1) is 16.7. The molecule has 2 heterocycles. The number of rotatable bonds is 3. The highest BCUT2D eigenvalue weighted by Crippen LogP contribution is 2.30. The summed E-state index contributed by atoms with van der Waals surface area (Å²) in [5.74, 6) is 1.01. The molecule has 23 heavy (non-hydrogen) atoms. The van der Waals surface area contributed by atoms with Gasteiger partial charge in [0.25, 0.3) is 0 Å². The lowest BCUT2D eigenvalue weighted by atomic mass is 9.88. The molecule has 5 nitrogen and oxygen atoms in total. The number of hydrogen-bond donors (Lipinski definition) is 0. The van der Waals surface area contributed by atoms with E-state index in [0.29, 0.717) is 31.0 Å². The highest BCUT2D eigenvalue weighted by Gasteiger charge is 2.37. The zero-order valence-electron chi connectivity index (χ0n) is 14.7. The van der Waals surface area contributed by atoms with Crippen molar-refractivity contribution in [3.8, 4) is 0 Å². The minimum Gasteiger partial charge on any atom is -0.342 e. The Labute approximate surface area is 140 Å². The van der Waals surface area contributed by atoms with Crippen LogP contribution in [0.1, 0.15) is 51.4 Å². The van der Waals surface area contributed by atoms with Crippen molar-refractivity contribution < 1.29 is 9.59 Å². The quantitative estimate of drug-likeness (QED) is 0.795. The Balaban J connectivity index is 1.55. The summed E-state index contributed by atoms with van der Waals surface area (Å²) in [6.45, 7) is 2.19. The molecule has 2 saturated heterocycles. The molecule has 0 N–H and O–H groups in total. The number of amides is 2. The van der Waals surface area contributed by atoms with E-state index >= 15 is 0 Å². The molecule has 0 unspecified atom stereocenters. The average molecular weight is 321 g/mol. The molecule has 0 aromatic heterocycles. The summed E-state index contributed by atoms with van der Waals surface area (Å²) in [7, 11) is 4.04. The third-order valence-electron chi connectivity index (χ3n) is 6.24. The van der Waals surface area contributed by atoms with Gasteiger partial charge in [-0.1, -0.05) is 12.8 Å². The normalized spacial score (nSPS) is 29.8. The van der Waals surface area contributed by atoms with Gasteiger partial charge in [0.15, 0.2) is 0 Å². The van der Waals surface area contributed by atoms with Crippen molar-refractivity contribution in [2.45, 2.75) is 63.5 Å². The summed E-state index contributed by atoms with van der Waals surface area (Å²) in [5.41, 5.74) is 0. The molecule has 1 saturated carbocycles. The monoisotopic (exact) mass is 321 g/mol. The molecule has 1 aliphatic carbocycles. The van der Waals surface area contributed by atoms with Crippen LogP contribution in [-0.4, -0.2) is 72.3 Å². The van der Waals surface area contributed by atoms with Crippen molar-refractivity contribution in [1.29, 1.82) is 0 Å². The molecule has 3 aliphatic rings. The molecule has 2 aliphatic heterocycles. The molecule has 130 valence electrons. The molecule has 0 bridgehead atoms. The number of hydrogen-bond acceptors (Lipinski definition) is 3. The zero-order chi connectivity index (χ0) is 16.4. The summed E-state index contributed by atoms with van der Waals surface area (Å²) in [6.07, 6.45) is 8.72. The highest BCUT2D eigenvalue weighted by atomic mass is 16.2. The standard InChI is InChI=1S/C18H31N3O2/c1-19(15-7-3-4-8-15)13-18(23)21-11-10-16-14(12-21)6-5-9-17(22)20(16)2/h14-16H,3-13H2,1-2H3/t14-,16-/m1/s1. The van der Waals surface area contributed by atoms with Gasteiger partial charge in [-0.15, -0.1) is 0 Å². The number of carbonyl (C=O) groups is 2. The first-order valence-corrected chi connectivity index (χ1v) is 9.30. The van der Waals surface area contributed by atoms with Crippen LogP contribution in [-0.2, 0) is 9.59 Å². The topological polar surface area (TPSA) is 43.9 Å². The minimum atomic E-state index is 0.274. The van der Waals surface area contributed by atoms with Gasteiger partial charge in [-0.05, 0) is 45.1 Å². The van der Waals surface area contributed by atoms with Crippen molar-refractivity contribution in [3.05, 3.63) is 0 Å². The third kappa shape index (κ3) is 3.70. The first-order chi connectivity index (χ1) is 11.1. The number of nitrogens with zero attached hydrogens (tertiary/aromatic N) is 3. The Hall–Kier alpha value is -1.10. The van der Waals surface area contributed by atoms with E-state index in [1.165, 1.54) is 25.7 Å². The van der Waals surface area contributed by atoms with E-state index in [2.05, 4.69) is 16.8 Å². The Morgan fingerprint density at radius 3 is 2.65 bits per heavy atom. The SMILES string of the molecule is CN(CC(=O)N1CC[C@@H]2[C@H](CCCC(=O)N2C)C1)C1CCCC1. The van der Waals surface area contributed by atoms with Gasteiger partial charge in [0.2, 0.25) is 11.8 Å². The van der Waals surface area contributed by atoms with Crippen LogP contribution in [0.25, 0.3) is 0 Å². The van der Waals surface area contributed by atoms with Crippen molar-refractivity contribution >= 4 is 11.8 Å². The maximum absolute atomic E-state index is 12.7. The lowest BCUT2D eigenvalue weighted by molar-refractivity contribution is -0.137. The molecule has 0 radical (unpaired) electrons. The van der Waals surface area contributed by atoms with Crippen molar-refractivity contribution in [2.24, 2.45) is 5.92 Å². The van der Waals surface area contributed by atoms with E-state index in [1.54, 1.807) is 0 Å². The molecule has 5 heteroatoms. The second-order valence-corrected chi connectivity index (χ2v) is 7.71. The fraction of sp³-hybridized carbons (Fsp3) is 0.889. The Morgan fingerprint density at radius 2 is 1.91 bits per heavy atom. The van der Waals surface area contributed by atoms with Gasteiger partial charge in [0, 0.05) is 38.6 Å². The largest absolute Gasteiger partial charge is 0.342 e. The van der Waals surface area contributed by atoms with Gasteiger partial charge in [-0.25, -0.2) is 0 Å². The van der Waals surface area contributed by atoms with Gasteiger partial charge in [-0.3, -0.25) is 14.5 Å². The second kappa shape index (κ2) is 7.20. The Kier molecular flexibility index (Phi) is 5.24. The fourth-order valence-corrected chi connectivity index (χ4v) is 4.70. The van der Waals surface area contributed by atoms with Gasteiger partial charge < -0.3 is 9.80 Å². The van der Waals surface area contributed by atoms with Crippen molar-refractivity contribution in [2.75, 3.05) is 33.7 Å². The van der Waals surface area contributed by atoms with Crippen LogP contribution >= 0.6 is 0 Å². The third-order valence-corrected chi connectivity index (χ3v) is 6.24. The van der Waals surface area contributed by atoms with E-state index < -0.39 is 0 Å². The zero-order valence-corrected chi connectivity index (χ0v) is 14.7. The van der Waals surface area contributed by atoms with E-state index in [4.69, 9.17) is 0 Å². The molecule has 0 spiro atoms. The van der Waals surface area contributed by atoms with Crippen LogP contribution < -0.4 is 0 Å². The molecule has 2 amide bonds. The fourth-order valence-electron chi connectivity index (χ4n) is 4.70. The molecule has 3 rings (SSSR count). The molecule has 0 aromatic rings. The van der Waals surface area contributed by atoms with Crippen LogP contribution in [0.5, 0.6) is 0 Å². The lowest BCUT2D eigenvalue weighted by Crippen LogP contribution is -2.53. The summed E-state index contributed by atoms with van der Waals surface area (Å²) in [5, 5.41) is 0. The number of carbonyl (C=O) groups excluding carboxylic acids is 2. The van der Waals surface area contributed by atoms with Crippen LogP contribution in [0.15, 0.2) is 0 Å². The van der Waals surface area contributed by atoms with E-state index in [0.717, 1.165) is 32.4 Å². The van der Waals surface area contributed by atoms with Crippen LogP contribution in [0, 0.1) is 5.92 Å². The predicted octanol–water partition coefficient (Wildman–Crippen LogP) is 1.72. The molecular weight excluding hydrogens is 290 g/mol. The van der Waals surface area contributed by atoms with Crippen molar-refractivity contribution in [3.63, 3.8) is 0 Å². The van der Waals surface area contributed by atoms with Gasteiger partial charge >= 0.3 is 0 Å². The second-order valence-electron chi connectivity index (χ2n) is 7.71. The van der Waals surface area contributed by atoms with Gasteiger partial charge in [0.1, 0.15) is 0 Å². The smallest absolute Gasteiger partial charge is 0.236 e. The number of likely N-dealkylation sites (tertiary alicyclic amines) is 2. The molecule has 0 aromatic carbocycles. The highest BCUT2D eigenvalue weighted by molar-refractivity contribution is 5.79. The molecule has 2 atom stereocenters. The van der Waals surface area contributed by atoms with Crippen molar-refractivity contribution in [1.82, 2.24) is 14.7 Å². The van der Waals surface area contributed by atoms with Gasteiger partial charge in [-0.2, -0.15) is 0 Å². The summed E-state index contributed by atoms with van der Waals surface area (Å²) in [4.78, 5) is 30.9. The summed E-state index contributed by atoms with van der Waals surface area (Å²) in [6, 6.07) is 0.930. The number of piperidine rings is 1. The molecular formula is C18H31N3O2. The van der Waals surface area contributed by atoms with Crippen LogP contribution in [0.3, 0.4) is 0 Å². The van der Waals surface area contributed by atoms with E-state index in [-0.39, 0.29) is 11.8 Å². The summed E-state index contributed by atoms with van der Waals surface area (Å²) >= 11 is 0. The summed E-state index contributed by atoms with van der Waals surface area (Å²) < 4.78 is 0. The molecule has 3 fully saturated rings.